The van der Waals surface area contributed by atoms with Crippen molar-refractivity contribution in [2.24, 2.45) is 0 Å². The monoisotopic (exact) mass is 403 g/mol. The molecule has 1 N–H and O–H groups in total. The summed E-state index contributed by atoms with van der Waals surface area (Å²) in [5.41, 5.74) is 2.65. The third-order valence-electron chi connectivity index (χ3n) is 4.83. The van der Waals surface area contributed by atoms with Crippen LogP contribution in [0.3, 0.4) is 0 Å². The quantitative estimate of drug-likeness (QED) is 0.472. The lowest BCUT2D eigenvalue weighted by Crippen LogP contribution is -2.30. The third kappa shape index (κ3) is 3.98. The van der Waals surface area contributed by atoms with Crippen LogP contribution in [-0.2, 0) is 20.7 Å². The smallest absolute Gasteiger partial charge is 0.311 e. The summed E-state index contributed by atoms with van der Waals surface area (Å²) < 4.78 is 16.6. The number of hydrogen-bond acceptors (Lipinski definition) is 5. The highest BCUT2D eigenvalue weighted by Crippen LogP contribution is 2.36. The van der Waals surface area contributed by atoms with Crippen LogP contribution in [-0.4, -0.2) is 25.1 Å². The zero-order valence-electron chi connectivity index (χ0n) is 16.7. The van der Waals surface area contributed by atoms with Crippen molar-refractivity contribution in [1.29, 1.82) is 0 Å². The van der Waals surface area contributed by atoms with Crippen molar-refractivity contribution >= 4 is 39.5 Å². The van der Waals surface area contributed by atoms with Gasteiger partial charge in [0.15, 0.2) is 6.10 Å². The fourth-order valence-electron chi connectivity index (χ4n) is 3.31. The molecule has 0 saturated heterocycles. The molecule has 0 aliphatic heterocycles. The Kier molecular flexibility index (Phi) is 5.39. The molecule has 0 bridgehead atoms. The number of nitrogens with one attached hydrogen (secondary N) is 1. The molecular formula is C24H21NO5. The van der Waals surface area contributed by atoms with Gasteiger partial charge in [-0.05, 0) is 24.6 Å². The van der Waals surface area contributed by atoms with Crippen LogP contribution in [0.5, 0.6) is 5.75 Å². The minimum absolute atomic E-state index is 0.104. The molecule has 6 nitrogen and oxygen atoms in total. The van der Waals surface area contributed by atoms with Gasteiger partial charge in [-0.25, -0.2) is 0 Å². The van der Waals surface area contributed by atoms with Gasteiger partial charge in [0.1, 0.15) is 16.9 Å². The Bertz CT molecular complexity index is 1210. The van der Waals surface area contributed by atoms with E-state index in [9.17, 15) is 9.59 Å². The normalized spacial score (nSPS) is 11.9. The highest BCUT2D eigenvalue weighted by molar-refractivity contribution is 6.08. The number of ether oxygens (including phenoxy) is 2. The molecule has 30 heavy (non-hydrogen) atoms. The molecule has 1 atom stereocenters. The first-order valence-corrected chi connectivity index (χ1v) is 9.58. The summed E-state index contributed by atoms with van der Waals surface area (Å²) in [5.74, 6) is -0.432. The van der Waals surface area contributed by atoms with Crippen LogP contribution in [0.25, 0.3) is 21.9 Å². The number of methoxy groups -OCH3 is 1. The Labute approximate surface area is 173 Å². The Morgan fingerprint density at radius 3 is 2.47 bits per heavy atom. The highest BCUT2D eigenvalue weighted by atomic mass is 16.5. The van der Waals surface area contributed by atoms with Crippen LogP contribution in [0.2, 0.25) is 0 Å². The summed E-state index contributed by atoms with van der Waals surface area (Å²) in [6, 6.07) is 20.4. The van der Waals surface area contributed by atoms with E-state index in [1.807, 2.05) is 60.7 Å². The number of para-hydroxylation sites is 1. The summed E-state index contributed by atoms with van der Waals surface area (Å²) >= 11 is 0. The van der Waals surface area contributed by atoms with E-state index >= 15 is 0 Å². The van der Waals surface area contributed by atoms with Gasteiger partial charge in [0.25, 0.3) is 5.91 Å². The van der Waals surface area contributed by atoms with Crippen LogP contribution in [0.1, 0.15) is 12.5 Å². The van der Waals surface area contributed by atoms with Crippen molar-refractivity contribution in [2.45, 2.75) is 19.4 Å². The molecule has 6 heteroatoms. The molecule has 0 aliphatic carbocycles. The van der Waals surface area contributed by atoms with Gasteiger partial charge in [0, 0.05) is 16.8 Å². The van der Waals surface area contributed by atoms with E-state index in [0.717, 1.165) is 21.9 Å². The summed E-state index contributed by atoms with van der Waals surface area (Å²) in [4.78, 5) is 24.7. The first-order valence-electron chi connectivity index (χ1n) is 9.58. The number of rotatable bonds is 6. The SMILES string of the molecule is COc1cc2c(cc1NC(=O)[C@@H](C)OC(=O)Cc1ccccc1)oc1ccccc12. The number of hydrogen-bond donors (Lipinski definition) is 1. The number of furan rings is 1. The van der Waals surface area contributed by atoms with Gasteiger partial charge >= 0.3 is 5.97 Å². The van der Waals surface area contributed by atoms with Gasteiger partial charge in [-0.1, -0.05) is 48.5 Å². The van der Waals surface area contributed by atoms with Gasteiger partial charge in [0.05, 0.1) is 19.2 Å². The second kappa shape index (κ2) is 8.29. The molecule has 152 valence electrons. The van der Waals surface area contributed by atoms with Crippen LogP contribution in [0, 0.1) is 0 Å². The number of anilines is 1. The average Bonchev–Trinajstić information content (AvgIpc) is 3.11. The maximum absolute atomic E-state index is 12.6. The van der Waals surface area contributed by atoms with E-state index in [1.165, 1.54) is 14.0 Å². The summed E-state index contributed by atoms with van der Waals surface area (Å²) in [6.45, 7) is 1.53. The predicted octanol–water partition coefficient (Wildman–Crippen LogP) is 4.71. The number of fused-ring (bicyclic) bond motifs is 3. The molecular weight excluding hydrogens is 382 g/mol. The average molecular weight is 403 g/mol. The first-order chi connectivity index (χ1) is 14.5. The topological polar surface area (TPSA) is 77.8 Å². The maximum atomic E-state index is 12.6. The van der Waals surface area contributed by atoms with E-state index in [1.54, 1.807) is 6.07 Å². The maximum Gasteiger partial charge on any atom is 0.311 e. The zero-order valence-corrected chi connectivity index (χ0v) is 16.7. The molecule has 0 radical (unpaired) electrons. The van der Waals surface area contributed by atoms with Crippen LogP contribution >= 0.6 is 0 Å². The van der Waals surface area contributed by atoms with Crippen molar-refractivity contribution in [2.75, 3.05) is 12.4 Å². The van der Waals surface area contributed by atoms with Crippen molar-refractivity contribution in [3.63, 3.8) is 0 Å². The van der Waals surface area contributed by atoms with Crippen LogP contribution in [0.4, 0.5) is 5.69 Å². The second-order valence-corrected chi connectivity index (χ2v) is 6.93. The molecule has 0 unspecified atom stereocenters. The van der Waals surface area contributed by atoms with E-state index in [4.69, 9.17) is 13.9 Å². The lowest BCUT2D eigenvalue weighted by Gasteiger charge is -2.15. The molecule has 4 aromatic rings. The van der Waals surface area contributed by atoms with Crippen molar-refractivity contribution in [3.8, 4) is 5.75 Å². The lowest BCUT2D eigenvalue weighted by atomic mass is 10.1. The molecule has 0 spiro atoms. The molecule has 4 rings (SSSR count). The van der Waals surface area contributed by atoms with Crippen LogP contribution in [0.15, 0.2) is 71.1 Å². The zero-order chi connectivity index (χ0) is 21.1. The lowest BCUT2D eigenvalue weighted by molar-refractivity contribution is -0.152. The van der Waals surface area contributed by atoms with Crippen molar-refractivity contribution in [1.82, 2.24) is 0 Å². The van der Waals surface area contributed by atoms with E-state index in [0.29, 0.717) is 17.0 Å². The predicted molar refractivity (Wildman–Crippen MR) is 115 cm³/mol. The van der Waals surface area contributed by atoms with E-state index < -0.39 is 18.0 Å². The largest absolute Gasteiger partial charge is 0.495 e. The molecule has 1 heterocycles. The third-order valence-corrected chi connectivity index (χ3v) is 4.83. The Balaban J connectivity index is 1.50. The summed E-state index contributed by atoms with van der Waals surface area (Å²) in [7, 11) is 1.53. The fraction of sp³-hybridized carbons (Fsp3) is 0.167. The fourth-order valence-corrected chi connectivity index (χ4v) is 3.31. The Hall–Kier alpha value is -3.80. The van der Waals surface area contributed by atoms with Gasteiger partial charge in [-0.2, -0.15) is 0 Å². The molecule has 1 amide bonds. The minimum atomic E-state index is -0.961. The summed E-state index contributed by atoms with van der Waals surface area (Å²) in [5, 5.41) is 4.62. The van der Waals surface area contributed by atoms with E-state index in [2.05, 4.69) is 5.32 Å². The number of amides is 1. The molecule has 0 saturated carbocycles. The first kappa shape index (κ1) is 19.5. The van der Waals surface area contributed by atoms with E-state index in [-0.39, 0.29) is 6.42 Å². The van der Waals surface area contributed by atoms with Crippen molar-refractivity contribution < 1.29 is 23.5 Å². The Morgan fingerprint density at radius 2 is 1.70 bits per heavy atom. The van der Waals surface area contributed by atoms with Gasteiger partial charge in [-0.3, -0.25) is 9.59 Å². The number of benzene rings is 3. The summed E-state index contributed by atoms with van der Waals surface area (Å²) in [6.07, 6.45) is -0.857. The van der Waals surface area contributed by atoms with Gasteiger partial charge in [-0.15, -0.1) is 0 Å². The standard InChI is InChI=1S/C24H21NO5/c1-15(29-23(26)12-16-8-4-3-5-9-16)24(27)25-19-14-21-18(13-22(19)28-2)17-10-6-7-11-20(17)30-21/h3-11,13-15H,12H2,1-2H3,(H,25,27)/t15-/m1/s1. The number of esters is 1. The number of carbonyl (C=O) groups is 2. The highest BCUT2D eigenvalue weighted by Gasteiger charge is 2.20. The molecule has 3 aromatic carbocycles. The van der Waals surface area contributed by atoms with Crippen molar-refractivity contribution in [3.05, 3.63) is 72.3 Å². The molecule has 0 aliphatic rings. The second-order valence-electron chi connectivity index (χ2n) is 6.93. The molecule has 0 fully saturated rings. The molecule has 1 aromatic heterocycles. The number of carbonyl (C=O) groups excluding carboxylic acids is 2. The minimum Gasteiger partial charge on any atom is -0.495 e. The Morgan fingerprint density at radius 1 is 0.967 bits per heavy atom. The van der Waals surface area contributed by atoms with Gasteiger partial charge in [0.2, 0.25) is 0 Å². The van der Waals surface area contributed by atoms with Gasteiger partial charge < -0.3 is 19.2 Å². The van der Waals surface area contributed by atoms with Crippen LogP contribution < -0.4 is 10.1 Å².